The second-order valence-corrected chi connectivity index (χ2v) is 5.65. The lowest BCUT2D eigenvalue weighted by Gasteiger charge is -2.29. The minimum absolute atomic E-state index is 0.408. The lowest BCUT2D eigenvalue weighted by atomic mass is 9.93. The summed E-state index contributed by atoms with van der Waals surface area (Å²) >= 11 is 5.84. The first-order valence-electron chi connectivity index (χ1n) is 6.91. The maximum atomic E-state index is 10.1. The molecule has 2 rings (SSSR count). The molecule has 1 aliphatic rings. The fourth-order valence-corrected chi connectivity index (χ4v) is 2.61. The molecule has 1 saturated heterocycles. The fourth-order valence-electron chi connectivity index (χ4n) is 2.48. The van der Waals surface area contributed by atoms with Crippen LogP contribution < -0.4 is 5.32 Å². The highest BCUT2D eigenvalue weighted by atomic mass is 35.5. The number of ether oxygens (including phenoxy) is 1. The highest BCUT2D eigenvalue weighted by molar-refractivity contribution is 6.30. The van der Waals surface area contributed by atoms with Gasteiger partial charge in [-0.05, 0) is 43.4 Å². The van der Waals surface area contributed by atoms with Crippen molar-refractivity contribution in [1.82, 2.24) is 5.32 Å². The van der Waals surface area contributed by atoms with Crippen LogP contribution in [0.3, 0.4) is 0 Å². The lowest BCUT2D eigenvalue weighted by molar-refractivity contribution is 0.0537. The van der Waals surface area contributed by atoms with Gasteiger partial charge in [0.2, 0.25) is 0 Å². The van der Waals surface area contributed by atoms with Crippen LogP contribution in [-0.4, -0.2) is 30.9 Å². The van der Waals surface area contributed by atoms with E-state index < -0.39 is 6.10 Å². The summed E-state index contributed by atoms with van der Waals surface area (Å²) < 4.78 is 5.37. The minimum Gasteiger partial charge on any atom is -0.387 e. The number of halogens is 1. The fraction of sp³-hybridized carbons (Fsp3) is 0.600. The van der Waals surface area contributed by atoms with Crippen LogP contribution in [0.15, 0.2) is 24.3 Å². The molecule has 1 aromatic rings. The van der Waals surface area contributed by atoms with Crippen molar-refractivity contribution in [1.29, 1.82) is 0 Å². The second-order valence-electron chi connectivity index (χ2n) is 5.21. The van der Waals surface area contributed by atoms with Crippen LogP contribution in [0.5, 0.6) is 0 Å². The molecule has 0 radical (unpaired) electrons. The largest absolute Gasteiger partial charge is 0.387 e. The van der Waals surface area contributed by atoms with Gasteiger partial charge in [0.25, 0.3) is 0 Å². The van der Waals surface area contributed by atoms with E-state index in [1.54, 1.807) is 0 Å². The molecule has 106 valence electrons. The van der Waals surface area contributed by atoms with E-state index in [2.05, 4.69) is 12.2 Å². The molecular weight excluding hydrogens is 262 g/mol. The van der Waals surface area contributed by atoms with Crippen LogP contribution in [0.1, 0.15) is 31.4 Å². The van der Waals surface area contributed by atoms with Gasteiger partial charge in [-0.15, -0.1) is 0 Å². The third kappa shape index (κ3) is 4.46. The van der Waals surface area contributed by atoms with Gasteiger partial charge in [0.15, 0.2) is 0 Å². The van der Waals surface area contributed by atoms with Crippen LogP contribution in [0.4, 0.5) is 0 Å². The highest BCUT2D eigenvalue weighted by Crippen LogP contribution is 2.20. The Bertz CT molecular complexity index is 376. The predicted molar refractivity (Wildman–Crippen MR) is 77.4 cm³/mol. The van der Waals surface area contributed by atoms with Crippen molar-refractivity contribution in [3.05, 3.63) is 34.9 Å². The van der Waals surface area contributed by atoms with Crippen LogP contribution in [-0.2, 0) is 4.74 Å². The monoisotopic (exact) mass is 283 g/mol. The zero-order valence-corrected chi connectivity index (χ0v) is 12.1. The van der Waals surface area contributed by atoms with E-state index >= 15 is 0 Å². The highest BCUT2D eigenvalue weighted by Gasteiger charge is 2.20. The summed E-state index contributed by atoms with van der Waals surface area (Å²) in [6, 6.07) is 7.76. The van der Waals surface area contributed by atoms with Gasteiger partial charge in [0.1, 0.15) is 0 Å². The summed E-state index contributed by atoms with van der Waals surface area (Å²) in [6.07, 6.45) is 1.72. The zero-order chi connectivity index (χ0) is 13.7. The van der Waals surface area contributed by atoms with E-state index in [0.717, 1.165) is 31.6 Å². The Morgan fingerprint density at radius 3 is 2.58 bits per heavy atom. The first-order chi connectivity index (χ1) is 9.16. The predicted octanol–water partition coefficient (Wildman–Crippen LogP) is 2.78. The number of hydrogen-bond donors (Lipinski definition) is 2. The molecule has 2 atom stereocenters. The first kappa shape index (κ1) is 14.8. The van der Waals surface area contributed by atoms with Gasteiger partial charge in [-0.25, -0.2) is 0 Å². The molecule has 1 heterocycles. The van der Waals surface area contributed by atoms with Gasteiger partial charge in [-0.2, -0.15) is 0 Å². The molecule has 0 saturated carbocycles. The Kier molecular flexibility index (Phi) is 5.64. The van der Waals surface area contributed by atoms with Crippen molar-refractivity contribution in [3.8, 4) is 0 Å². The van der Waals surface area contributed by atoms with Crippen molar-refractivity contribution in [3.63, 3.8) is 0 Å². The number of nitrogens with one attached hydrogen (secondary N) is 1. The molecule has 1 fully saturated rings. The topological polar surface area (TPSA) is 41.5 Å². The van der Waals surface area contributed by atoms with Crippen molar-refractivity contribution in [2.45, 2.75) is 31.9 Å². The third-order valence-electron chi connectivity index (χ3n) is 3.86. The maximum absolute atomic E-state index is 10.1. The van der Waals surface area contributed by atoms with Gasteiger partial charge in [0, 0.05) is 30.8 Å². The van der Waals surface area contributed by atoms with E-state index in [1.807, 2.05) is 24.3 Å². The molecule has 4 heteroatoms. The standard InChI is InChI=1S/C15H22ClNO2/c1-11(12-6-8-19-9-7-12)17-10-15(18)13-2-4-14(16)5-3-13/h2-5,11-12,15,17-18H,6-10H2,1H3. The molecule has 0 aromatic heterocycles. The van der Waals surface area contributed by atoms with E-state index in [9.17, 15) is 5.11 Å². The maximum Gasteiger partial charge on any atom is 0.0914 e. The molecule has 0 spiro atoms. The molecule has 3 nitrogen and oxygen atoms in total. The summed E-state index contributed by atoms with van der Waals surface area (Å²) in [5, 5.41) is 14.2. The molecule has 19 heavy (non-hydrogen) atoms. The van der Waals surface area contributed by atoms with E-state index in [0.29, 0.717) is 23.5 Å². The number of rotatable bonds is 5. The van der Waals surface area contributed by atoms with Gasteiger partial charge >= 0.3 is 0 Å². The van der Waals surface area contributed by atoms with Gasteiger partial charge in [-0.3, -0.25) is 0 Å². The number of hydrogen-bond acceptors (Lipinski definition) is 3. The van der Waals surface area contributed by atoms with Crippen LogP contribution in [0.25, 0.3) is 0 Å². The molecular formula is C15H22ClNO2. The molecule has 2 unspecified atom stereocenters. The van der Waals surface area contributed by atoms with Crippen molar-refractivity contribution < 1.29 is 9.84 Å². The normalized spacial score (nSPS) is 20.2. The Morgan fingerprint density at radius 2 is 1.95 bits per heavy atom. The van der Waals surface area contributed by atoms with Gasteiger partial charge in [0.05, 0.1) is 6.10 Å². The number of aliphatic hydroxyl groups is 1. The van der Waals surface area contributed by atoms with E-state index in [4.69, 9.17) is 16.3 Å². The van der Waals surface area contributed by atoms with Crippen molar-refractivity contribution >= 4 is 11.6 Å². The van der Waals surface area contributed by atoms with Crippen molar-refractivity contribution in [2.75, 3.05) is 19.8 Å². The molecule has 1 aromatic carbocycles. The van der Waals surface area contributed by atoms with Crippen molar-refractivity contribution in [2.24, 2.45) is 5.92 Å². The zero-order valence-electron chi connectivity index (χ0n) is 11.3. The van der Waals surface area contributed by atoms with Crippen LogP contribution in [0.2, 0.25) is 5.02 Å². The quantitative estimate of drug-likeness (QED) is 0.873. The second kappa shape index (κ2) is 7.25. The van der Waals surface area contributed by atoms with Gasteiger partial charge in [-0.1, -0.05) is 23.7 Å². The molecule has 0 amide bonds. The molecule has 2 N–H and O–H groups in total. The summed E-state index contributed by atoms with van der Waals surface area (Å²) in [6.45, 7) is 4.47. The smallest absolute Gasteiger partial charge is 0.0914 e. The first-order valence-corrected chi connectivity index (χ1v) is 7.29. The third-order valence-corrected chi connectivity index (χ3v) is 4.11. The average Bonchev–Trinajstić information content (AvgIpc) is 2.46. The average molecular weight is 284 g/mol. The Hall–Kier alpha value is -0.610. The Labute approximate surface area is 119 Å². The minimum atomic E-state index is -0.487. The molecule has 0 aliphatic carbocycles. The number of benzene rings is 1. The summed E-state index contributed by atoms with van der Waals surface area (Å²) in [5.41, 5.74) is 0.899. The summed E-state index contributed by atoms with van der Waals surface area (Å²) in [4.78, 5) is 0. The SMILES string of the molecule is CC(NCC(O)c1ccc(Cl)cc1)C1CCOCC1. The summed E-state index contributed by atoms with van der Waals surface area (Å²) in [7, 11) is 0. The Balaban J connectivity index is 1.79. The van der Waals surface area contributed by atoms with Crippen LogP contribution >= 0.6 is 11.6 Å². The van der Waals surface area contributed by atoms with Gasteiger partial charge < -0.3 is 15.2 Å². The van der Waals surface area contributed by atoms with E-state index in [-0.39, 0.29) is 0 Å². The van der Waals surface area contributed by atoms with Crippen LogP contribution in [0, 0.1) is 5.92 Å². The Morgan fingerprint density at radius 1 is 1.32 bits per heavy atom. The van der Waals surface area contributed by atoms with E-state index in [1.165, 1.54) is 0 Å². The summed E-state index contributed by atoms with van der Waals surface area (Å²) in [5.74, 6) is 0.645. The molecule has 1 aliphatic heterocycles. The lowest BCUT2D eigenvalue weighted by Crippen LogP contribution is -2.38. The molecule has 0 bridgehead atoms. The number of aliphatic hydroxyl groups excluding tert-OH is 1.